The van der Waals surface area contributed by atoms with Gasteiger partial charge in [0.1, 0.15) is 5.82 Å². The topological polar surface area (TPSA) is 40.6 Å². The smallest absolute Gasteiger partial charge is 0.238 e. The molecule has 0 aliphatic carbocycles. The third-order valence-corrected chi connectivity index (χ3v) is 6.04. The van der Waals surface area contributed by atoms with Crippen molar-refractivity contribution in [2.75, 3.05) is 18.0 Å². The molecular weight excluding hydrogens is 355 g/mol. The van der Waals surface area contributed by atoms with Gasteiger partial charge < -0.3 is 9.80 Å². The summed E-state index contributed by atoms with van der Waals surface area (Å²) in [5.74, 6) is -0.189. The van der Waals surface area contributed by atoms with Crippen LogP contribution in [0, 0.1) is 5.82 Å². The number of piperidine rings is 1. The van der Waals surface area contributed by atoms with Crippen molar-refractivity contribution < 1.29 is 14.0 Å². The number of amides is 2. The first-order valence-electron chi connectivity index (χ1n) is 9.88. The monoisotopic (exact) mass is 380 g/mol. The van der Waals surface area contributed by atoms with Crippen molar-refractivity contribution in [1.29, 1.82) is 0 Å². The molecule has 0 bridgehead atoms. The average molecular weight is 380 g/mol. The Hall–Kier alpha value is -2.69. The Morgan fingerprint density at radius 3 is 2.50 bits per heavy atom. The van der Waals surface area contributed by atoms with Crippen LogP contribution in [0.25, 0.3) is 0 Å². The van der Waals surface area contributed by atoms with Crippen LogP contribution in [0.4, 0.5) is 10.1 Å². The molecule has 2 aromatic carbocycles. The van der Waals surface area contributed by atoms with Gasteiger partial charge in [0.15, 0.2) is 0 Å². The lowest BCUT2D eigenvalue weighted by molar-refractivity contribution is -0.135. The molecule has 4 rings (SSSR count). The van der Waals surface area contributed by atoms with Gasteiger partial charge in [-0.3, -0.25) is 9.59 Å². The predicted octanol–water partition coefficient (Wildman–Crippen LogP) is 3.68. The summed E-state index contributed by atoms with van der Waals surface area (Å²) < 4.78 is 13.4. The van der Waals surface area contributed by atoms with Gasteiger partial charge in [0.25, 0.3) is 0 Å². The first-order chi connectivity index (χ1) is 13.4. The molecule has 146 valence electrons. The van der Waals surface area contributed by atoms with Gasteiger partial charge in [-0.2, -0.15) is 0 Å². The third kappa shape index (κ3) is 2.99. The zero-order valence-electron chi connectivity index (χ0n) is 16.3. The molecular formula is C23H25FN2O2. The lowest BCUT2D eigenvalue weighted by atomic mass is 9.73. The molecule has 1 fully saturated rings. The Morgan fingerprint density at radius 1 is 1.11 bits per heavy atom. The maximum absolute atomic E-state index is 13.4. The fourth-order valence-electron chi connectivity index (χ4n) is 4.61. The van der Waals surface area contributed by atoms with Crippen LogP contribution in [0.2, 0.25) is 0 Å². The van der Waals surface area contributed by atoms with Gasteiger partial charge in [-0.15, -0.1) is 0 Å². The molecule has 0 atom stereocenters. The number of rotatable bonds is 3. The number of halogens is 1. The number of carbonyl (C=O) groups is 2. The quantitative estimate of drug-likeness (QED) is 0.815. The number of hydrogen-bond donors (Lipinski definition) is 0. The minimum Gasteiger partial charge on any atom is -0.342 e. The summed E-state index contributed by atoms with van der Waals surface area (Å²) in [6, 6.07) is 14.3. The molecule has 2 aliphatic heterocycles. The molecule has 0 saturated carbocycles. The van der Waals surface area contributed by atoms with Crippen LogP contribution in [0.5, 0.6) is 0 Å². The number of benzene rings is 2. The van der Waals surface area contributed by atoms with Crippen LogP contribution in [0.3, 0.4) is 0 Å². The zero-order chi connectivity index (χ0) is 19.9. The Morgan fingerprint density at radius 2 is 1.82 bits per heavy atom. The van der Waals surface area contributed by atoms with Crippen molar-refractivity contribution in [3.8, 4) is 0 Å². The highest BCUT2D eigenvalue weighted by Crippen LogP contribution is 2.48. The third-order valence-electron chi connectivity index (χ3n) is 6.04. The average Bonchev–Trinajstić information content (AvgIpc) is 2.91. The fraction of sp³-hybridized carbons (Fsp3) is 0.391. The SMILES string of the molecule is CC(C)N1C(=O)C2(CCN(C(=O)Cc3cccc(F)c3)CC2)c2ccccc21. The van der Waals surface area contributed by atoms with Gasteiger partial charge in [-0.05, 0) is 56.0 Å². The van der Waals surface area contributed by atoms with E-state index in [1.807, 2.05) is 41.8 Å². The number of carbonyl (C=O) groups excluding carboxylic acids is 2. The summed E-state index contributed by atoms with van der Waals surface area (Å²) in [6.45, 7) is 5.15. The largest absolute Gasteiger partial charge is 0.342 e. The van der Waals surface area contributed by atoms with Crippen LogP contribution in [-0.2, 0) is 21.4 Å². The van der Waals surface area contributed by atoms with Gasteiger partial charge in [0, 0.05) is 24.8 Å². The summed E-state index contributed by atoms with van der Waals surface area (Å²) in [6.07, 6.45) is 1.44. The van der Waals surface area contributed by atoms with E-state index < -0.39 is 5.41 Å². The van der Waals surface area contributed by atoms with Crippen molar-refractivity contribution in [3.63, 3.8) is 0 Å². The zero-order valence-corrected chi connectivity index (χ0v) is 16.3. The summed E-state index contributed by atoms with van der Waals surface area (Å²) in [7, 11) is 0. The standard InChI is InChI=1S/C23H25FN2O2/c1-16(2)26-20-9-4-3-8-19(20)23(22(26)28)10-12-25(13-11-23)21(27)15-17-6-5-7-18(24)14-17/h3-9,14,16H,10-13,15H2,1-2H3. The lowest BCUT2D eigenvalue weighted by Crippen LogP contribution is -2.51. The van der Waals surface area contributed by atoms with Crippen molar-refractivity contribution in [2.45, 2.75) is 44.6 Å². The van der Waals surface area contributed by atoms with E-state index in [1.165, 1.54) is 12.1 Å². The summed E-state index contributed by atoms with van der Waals surface area (Å²) >= 11 is 0. The molecule has 4 nitrogen and oxygen atoms in total. The van der Waals surface area contributed by atoms with Gasteiger partial charge in [-0.25, -0.2) is 4.39 Å². The molecule has 0 aromatic heterocycles. The van der Waals surface area contributed by atoms with E-state index in [-0.39, 0.29) is 30.1 Å². The Labute approximate surface area is 164 Å². The van der Waals surface area contributed by atoms with Crippen LogP contribution in [0.1, 0.15) is 37.8 Å². The Bertz CT molecular complexity index is 916. The van der Waals surface area contributed by atoms with Gasteiger partial charge in [0.2, 0.25) is 11.8 Å². The first kappa shape index (κ1) is 18.7. The second kappa shape index (κ2) is 7.04. The molecule has 2 aromatic rings. The second-order valence-electron chi connectivity index (χ2n) is 8.06. The molecule has 2 heterocycles. The Kier molecular flexibility index (Phi) is 4.69. The first-order valence-corrected chi connectivity index (χ1v) is 9.88. The van der Waals surface area contributed by atoms with E-state index in [4.69, 9.17) is 0 Å². The Balaban J connectivity index is 1.52. The maximum Gasteiger partial charge on any atom is 0.238 e. The number of anilines is 1. The number of likely N-dealkylation sites (tertiary alicyclic amines) is 1. The van der Waals surface area contributed by atoms with Crippen LogP contribution < -0.4 is 4.90 Å². The summed E-state index contributed by atoms with van der Waals surface area (Å²) in [5.41, 5.74) is 2.24. The molecule has 1 spiro atoms. The molecule has 0 radical (unpaired) electrons. The molecule has 2 amide bonds. The second-order valence-corrected chi connectivity index (χ2v) is 8.06. The predicted molar refractivity (Wildman–Crippen MR) is 107 cm³/mol. The number of para-hydroxylation sites is 1. The van der Waals surface area contributed by atoms with Crippen molar-refractivity contribution >= 4 is 17.5 Å². The normalized spacial score (nSPS) is 18.1. The number of fused-ring (bicyclic) bond motifs is 2. The summed E-state index contributed by atoms with van der Waals surface area (Å²) in [5, 5.41) is 0. The maximum atomic E-state index is 13.4. The molecule has 5 heteroatoms. The van der Waals surface area contributed by atoms with Crippen LogP contribution in [0.15, 0.2) is 48.5 Å². The summed E-state index contributed by atoms with van der Waals surface area (Å²) in [4.78, 5) is 29.8. The minimum absolute atomic E-state index is 0.0140. The van der Waals surface area contributed by atoms with E-state index in [2.05, 4.69) is 6.07 Å². The van der Waals surface area contributed by atoms with Crippen molar-refractivity contribution in [2.24, 2.45) is 0 Å². The fourth-order valence-corrected chi connectivity index (χ4v) is 4.61. The minimum atomic E-state index is -0.531. The van der Waals surface area contributed by atoms with E-state index in [0.29, 0.717) is 31.5 Å². The van der Waals surface area contributed by atoms with E-state index in [9.17, 15) is 14.0 Å². The molecule has 1 saturated heterocycles. The highest BCUT2D eigenvalue weighted by Gasteiger charge is 2.52. The molecule has 0 unspecified atom stereocenters. The van der Waals surface area contributed by atoms with E-state index in [1.54, 1.807) is 12.1 Å². The molecule has 0 N–H and O–H groups in total. The van der Waals surface area contributed by atoms with Gasteiger partial charge in [-0.1, -0.05) is 30.3 Å². The van der Waals surface area contributed by atoms with Crippen LogP contribution in [-0.4, -0.2) is 35.8 Å². The van der Waals surface area contributed by atoms with Gasteiger partial charge >= 0.3 is 0 Å². The number of hydrogen-bond acceptors (Lipinski definition) is 2. The van der Waals surface area contributed by atoms with Gasteiger partial charge in [0.05, 0.1) is 11.8 Å². The molecule has 2 aliphatic rings. The number of nitrogens with zero attached hydrogens (tertiary/aromatic N) is 2. The lowest BCUT2D eigenvalue weighted by Gasteiger charge is -2.39. The van der Waals surface area contributed by atoms with E-state index in [0.717, 1.165) is 11.3 Å². The van der Waals surface area contributed by atoms with Crippen LogP contribution >= 0.6 is 0 Å². The molecule has 28 heavy (non-hydrogen) atoms. The van der Waals surface area contributed by atoms with Crippen molar-refractivity contribution in [3.05, 3.63) is 65.5 Å². The van der Waals surface area contributed by atoms with Crippen molar-refractivity contribution in [1.82, 2.24) is 4.90 Å². The highest BCUT2D eigenvalue weighted by atomic mass is 19.1. The highest BCUT2D eigenvalue weighted by molar-refractivity contribution is 6.08. The van der Waals surface area contributed by atoms with E-state index >= 15 is 0 Å².